The zero-order valence-corrected chi connectivity index (χ0v) is 13.4. The standard InChI is InChI=1S/C15H22N2O4S/c1-2-7-22(20,21)14-6-4-3-5-12(14)15(19)17-9-11-8-16-10-13(11)18/h3-6,11,13,16,18H,2,7-10H2,1H3,(H,17,19). The lowest BCUT2D eigenvalue weighted by Gasteiger charge is -2.15. The van der Waals surface area contributed by atoms with Crippen LogP contribution in [0, 0.1) is 5.92 Å². The van der Waals surface area contributed by atoms with Gasteiger partial charge < -0.3 is 15.7 Å². The SMILES string of the molecule is CCCS(=O)(=O)c1ccccc1C(=O)NCC1CNCC1O. The smallest absolute Gasteiger partial charge is 0.252 e. The monoisotopic (exact) mass is 326 g/mol. The maximum Gasteiger partial charge on any atom is 0.252 e. The molecule has 3 N–H and O–H groups in total. The van der Waals surface area contributed by atoms with Crippen molar-refractivity contribution in [1.29, 1.82) is 0 Å². The highest BCUT2D eigenvalue weighted by Gasteiger charge is 2.26. The van der Waals surface area contributed by atoms with E-state index in [9.17, 15) is 18.3 Å². The van der Waals surface area contributed by atoms with Gasteiger partial charge in [0.05, 0.1) is 22.3 Å². The molecule has 0 saturated carbocycles. The molecule has 0 aliphatic carbocycles. The van der Waals surface area contributed by atoms with Crippen molar-refractivity contribution in [3.63, 3.8) is 0 Å². The predicted octanol–water partition coefficient (Wildman–Crippen LogP) is 0.180. The van der Waals surface area contributed by atoms with Crippen LogP contribution in [0.3, 0.4) is 0 Å². The second-order valence-corrected chi connectivity index (χ2v) is 7.59. The summed E-state index contributed by atoms with van der Waals surface area (Å²) < 4.78 is 24.5. The number of rotatable bonds is 6. The van der Waals surface area contributed by atoms with Crippen LogP contribution in [0.4, 0.5) is 0 Å². The van der Waals surface area contributed by atoms with Crippen LogP contribution in [0.5, 0.6) is 0 Å². The van der Waals surface area contributed by atoms with E-state index in [1.807, 2.05) is 0 Å². The molecule has 1 aliphatic rings. The third-order valence-corrected chi connectivity index (χ3v) is 5.74. The number of carbonyl (C=O) groups excluding carboxylic acids is 1. The fourth-order valence-corrected chi connectivity index (χ4v) is 4.09. The molecule has 2 unspecified atom stereocenters. The Morgan fingerprint density at radius 2 is 2.09 bits per heavy atom. The van der Waals surface area contributed by atoms with E-state index in [0.29, 0.717) is 26.1 Å². The van der Waals surface area contributed by atoms with Crippen molar-refractivity contribution < 1.29 is 18.3 Å². The van der Waals surface area contributed by atoms with Crippen LogP contribution >= 0.6 is 0 Å². The van der Waals surface area contributed by atoms with E-state index in [1.165, 1.54) is 12.1 Å². The molecule has 22 heavy (non-hydrogen) atoms. The number of amides is 1. The third-order valence-electron chi connectivity index (χ3n) is 3.77. The first-order valence-electron chi connectivity index (χ1n) is 7.44. The molecule has 1 aromatic rings. The average molecular weight is 326 g/mol. The normalized spacial score (nSPS) is 21.7. The lowest BCUT2D eigenvalue weighted by molar-refractivity contribution is 0.0924. The molecule has 2 rings (SSSR count). The molecule has 122 valence electrons. The summed E-state index contributed by atoms with van der Waals surface area (Å²) >= 11 is 0. The first kappa shape index (κ1) is 16.9. The third kappa shape index (κ3) is 3.85. The van der Waals surface area contributed by atoms with Crippen molar-refractivity contribution in [3.05, 3.63) is 29.8 Å². The number of hydrogen-bond acceptors (Lipinski definition) is 5. The Morgan fingerprint density at radius 1 is 1.36 bits per heavy atom. The maximum atomic E-state index is 12.3. The average Bonchev–Trinajstić information content (AvgIpc) is 2.90. The summed E-state index contributed by atoms with van der Waals surface area (Å²) in [5.74, 6) is -0.458. The van der Waals surface area contributed by atoms with E-state index in [0.717, 1.165) is 0 Å². The van der Waals surface area contributed by atoms with Gasteiger partial charge in [0, 0.05) is 25.6 Å². The molecule has 0 aromatic heterocycles. The Morgan fingerprint density at radius 3 is 2.73 bits per heavy atom. The highest BCUT2D eigenvalue weighted by Crippen LogP contribution is 2.18. The lowest BCUT2D eigenvalue weighted by Crippen LogP contribution is -2.35. The first-order chi connectivity index (χ1) is 10.5. The molecular weight excluding hydrogens is 304 g/mol. The minimum atomic E-state index is -3.46. The zero-order chi connectivity index (χ0) is 16.2. The zero-order valence-electron chi connectivity index (χ0n) is 12.6. The van der Waals surface area contributed by atoms with Gasteiger partial charge in [-0.1, -0.05) is 19.1 Å². The predicted molar refractivity (Wildman–Crippen MR) is 83.5 cm³/mol. The molecule has 0 spiro atoms. The van der Waals surface area contributed by atoms with Crippen LogP contribution in [0.15, 0.2) is 29.2 Å². The van der Waals surface area contributed by atoms with Gasteiger partial charge in [-0.3, -0.25) is 4.79 Å². The van der Waals surface area contributed by atoms with Crippen LogP contribution in [0.25, 0.3) is 0 Å². The van der Waals surface area contributed by atoms with Crippen LogP contribution in [-0.2, 0) is 9.84 Å². The van der Waals surface area contributed by atoms with E-state index in [4.69, 9.17) is 0 Å². The molecule has 1 aromatic carbocycles. The Kier molecular flexibility index (Phi) is 5.55. The van der Waals surface area contributed by atoms with Gasteiger partial charge in [0.15, 0.2) is 9.84 Å². The van der Waals surface area contributed by atoms with Crippen molar-refractivity contribution in [2.45, 2.75) is 24.3 Å². The van der Waals surface area contributed by atoms with Gasteiger partial charge in [0.1, 0.15) is 0 Å². The van der Waals surface area contributed by atoms with Crippen LogP contribution in [-0.4, -0.2) is 50.9 Å². The van der Waals surface area contributed by atoms with E-state index in [2.05, 4.69) is 10.6 Å². The second-order valence-electron chi connectivity index (χ2n) is 5.51. The molecule has 0 radical (unpaired) electrons. The highest BCUT2D eigenvalue weighted by molar-refractivity contribution is 7.91. The molecule has 1 heterocycles. The fourth-order valence-electron chi connectivity index (χ4n) is 2.55. The van der Waals surface area contributed by atoms with Crippen molar-refractivity contribution in [1.82, 2.24) is 10.6 Å². The summed E-state index contributed by atoms with van der Waals surface area (Å²) in [7, 11) is -3.46. The van der Waals surface area contributed by atoms with Crippen LogP contribution in [0.1, 0.15) is 23.7 Å². The molecule has 1 saturated heterocycles. The van der Waals surface area contributed by atoms with E-state index in [1.54, 1.807) is 19.1 Å². The molecule has 1 aliphatic heterocycles. The number of β-amino-alcohol motifs (C(OH)–C–C–N with tert-alkyl or cyclic N) is 1. The van der Waals surface area contributed by atoms with Crippen LogP contribution < -0.4 is 10.6 Å². The summed E-state index contributed by atoms with van der Waals surface area (Å²) in [6.07, 6.45) is 0.0115. The minimum Gasteiger partial charge on any atom is -0.391 e. The maximum absolute atomic E-state index is 12.3. The summed E-state index contributed by atoms with van der Waals surface area (Å²) in [5.41, 5.74) is 0.163. The Bertz CT molecular complexity index is 630. The molecule has 6 nitrogen and oxygen atoms in total. The minimum absolute atomic E-state index is 0.0164. The molecule has 0 bridgehead atoms. The molecule has 1 fully saturated rings. The lowest BCUT2D eigenvalue weighted by atomic mass is 10.1. The number of carbonyl (C=O) groups is 1. The summed E-state index contributed by atoms with van der Waals surface area (Å²) in [6.45, 7) is 3.25. The van der Waals surface area contributed by atoms with Gasteiger partial charge in [-0.2, -0.15) is 0 Å². The van der Waals surface area contributed by atoms with E-state index < -0.39 is 21.8 Å². The molecule has 1 amide bonds. The summed E-state index contributed by atoms with van der Waals surface area (Å²) in [6, 6.07) is 6.24. The van der Waals surface area contributed by atoms with Gasteiger partial charge in [0.2, 0.25) is 0 Å². The number of sulfone groups is 1. The van der Waals surface area contributed by atoms with Crippen LogP contribution in [0.2, 0.25) is 0 Å². The summed E-state index contributed by atoms with van der Waals surface area (Å²) in [4.78, 5) is 12.4. The number of benzene rings is 1. The van der Waals surface area contributed by atoms with Crippen molar-refractivity contribution in [2.75, 3.05) is 25.4 Å². The largest absolute Gasteiger partial charge is 0.391 e. The van der Waals surface area contributed by atoms with Crippen molar-refractivity contribution >= 4 is 15.7 Å². The first-order valence-corrected chi connectivity index (χ1v) is 9.09. The van der Waals surface area contributed by atoms with E-state index in [-0.39, 0.29) is 22.1 Å². The second kappa shape index (κ2) is 7.21. The molecule has 7 heteroatoms. The Hall–Kier alpha value is -1.44. The summed E-state index contributed by atoms with van der Waals surface area (Å²) in [5, 5.41) is 15.5. The van der Waals surface area contributed by atoms with Gasteiger partial charge in [-0.15, -0.1) is 0 Å². The van der Waals surface area contributed by atoms with E-state index >= 15 is 0 Å². The van der Waals surface area contributed by atoms with Gasteiger partial charge in [-0.25, -0.2) is 8.42 Å². The molecule has 2 atom stereocenters. The van der Waals surface area contributed by atoms with Gasteiger partial charge >= 0.3 is 0 Å². The van der Waals surface area contributed by atoms with Gasteiger partial charge in [-0.05, 0) is 18.6 Å². The number of hydrogen-bond donors (Lipinski definition) is 3. The van der Waals surface area contributed by atoms with Gasteiger partial charge in [0.25, 0.3) is 5.91 Å². The Labute approximate surface area is 130 Å². The Balaban J connectivity index is 2.13. The van der Waals surface area contributed by atoms with Crippen molar-refractivity contribution in [3.8, 4) is 0 Å². The van der Waals surface area contributed by atoms with Crippen molar-refractivity contribution in [2.24, 2.45) is 5.92 Å². The number of nitrogens with one attached hydrogen (secondary N) is 2. The quantitative estimate of drug-likeness (QED) is 0.693. The number of aliphatic hydroxyl groups excluding tert-OH is 1. The number of aliphatic hydroxyl groups is 1. The molecular formula is C15H22N2O4S. The fraction of sp³-hybridized carbons (Fsp3) is 0.533. The topological polar surface area (TPSA) is 95.5 Å². The highest BCUT2D eigenvalue weighted by atomic mass is 32.2.